The van der Waals surface area contributed by atoms with Crippen LogP contribution < -0.4 is 16.2 Å². The molecule has 0 aliphatic heterocycles. The van der Waals surface area contributed by atoms with Gasteiger partial charge in [0, 0.05) is 21.7 Å². The third-order valence-electron chi connectivity index (χ3n) is 4.40. The molecule has 1 heterocycles. The molecule has 3 N–H and O–H groups in total. The summed E-state index contributed by atoms with van der Waals surface area (Å²) in [5.41, 5.74) is 8.99. The molecule has 0 aliphatic rings. The predicted octanol–water partition coefficient (Wildman–Crippen LogP) is 5.19. The highest BCUT2D eigenvalue weighted by atomic mass is 35.5. The van der Waals surface area contributed by atoms with E-state index < -0.39 is 0 Å². The summed E-state index contributed by atoms with van der Waals surface area (Å²) in [7, 11) is 0. The number of halogens is 1. The number of fused-ring (bicyclic) bond motifs is 1. The Morgan fingerprint density at radius 3 is 2.43 bits per heavy atom. The standard InChI is InChI=1S/C23H17ClN4OS/c24-16-9-6-10-17(13-16)25-23(30)28-27-22(29)19-14-21(15-7-2-1-3-8-15)26-20-12-5-4-11-18(19)20/h1-14H,(H,27,29)(H2,25,28,30). The average Bonchev–Trinajstić information content (AvgIpc) is 2.77. The van der Waals surface area contributed by atoms with E-state index in [1.54, 1.807) is 24.3 Å². The van der Waals surface area contributed by atoms with Gasteiger partial charge in [-0.05, 0) is 42.5 Å². The van der Waals surface area contributed by atoms with Gasteiger partial charge in [0.05, 0.1) is 16.8 Å². The Balaban J connectivity index is 1.56. The molecule has 30 heavy (non-hydrogen) atoms. The van der Waals surface area contributed by atoms with E-state index in [0.29, 0.717) is 10.6 Å². The zero-order valence-electron chi connectivity index (χ0n) is 15.7. The third-order valence-corrected chi connectivity index (χ3v) is 4.84. The van der Waals surface area contributed by atoms with Crippen LogP contribution in [-0.4, -0.2) is 16.0 Å². The van der Waals surface area contributed by atoms with E-state index in [2.05, 4.69) is 16.2 Å². The smallest absolute Gasteiger partial charge is 0.270 e. The average molecular weight is 433 g/mol. The number of anilines is 1. The second-order valence-corrected chi connectivity index (χ2v) is 7.33. The number of nitrogens with one attached hydrogen (secondary N) is 3. The molecule has 0 atom stereocenters. The molecule has 3 aromatic carbocycles. The van der Waals surface area contributed by atoms with Crippen molar-refractivity contribution in [2.24, 2.45) is 0 Å². The van der Waals surface area contributed by atoms with Crippen molar-refractivity contribution >= 4 is 51.4 Å². The quantitative estimate of drug-likeness (QED) is 0.307. The summed E-state index contributed by atoms with van der Waals surface area (Å²) in [5, 5.41) is 4.56. The van der Waals surface area contributed by atoms with Crippen molar-refractivity contribution in [2.75, 3.05) is 5.32 Å². The summed E-state index contributed by atoms with van der Waals surface area (Å²) >= 11 is 11.2. The normalized spacial score (nSPS) is 10.4. The van der Waals surface area contributed by atoms with Crippen LogP contribution in [0.5, 0.6) is 0 Å². The molecule has 0 bridgehead atoms. The van der Waals surface area contributed by atoms with Crippen LogP contribution in [0.2, 0.25) is 5.02 Å². The largest absolute Gasteiger partial charge is 0.331 e. The molecule has 1 amide bonds. The summed E-state index contributed by atoms with van der Waals surface area (Å²) in [5.74, 6) is -0.318. The van der Waals surface area contributed by atoms with Crippen molar-refractivity contribution in [1.29, 1.82) is 0 Å². The first-order chi connectivity index (χ1) is 14.6. The minimum atomic E-state index is -0.318. The van der Waals surface area contributed by atoms with Crippen molar-refractivity contribution < 1.29 is 4.79 Å². The number of para-hydroxylation sites is 1. The van der Waals surface area contributed by atoms with Crippen molar-refractivity contribution in [2.45, 2.75) is 0 Å². The molecule has 0 fully saturated rings. The first kappa shape index (κ1) is 19.8. The van der Waals surface area contributed by atoms with Crippen LogP contribution in [0.3, 0.4) is 0 Å². The number of carbonyl (C=O) groups excluding carboxylic acids is 1. The van der Waals surface area contributed by atoms with E-state index >= 15 is 0 Å². The highest BCUT2D eigenvalue weighted by Gasteiger charge is 2.14. The van der Waals surface area contributed by atoms with Crippen LogP contribution in [0.25, 0.3) is 22.2 Å². The number of rotatable bonds is 3. The Kier molecular flexibility index (Phi) is 5.88. The maximum Gasteiger partial charge on any atom is 0.270 e. The molecule has 148 valence electrons. The number of aromatic nitrogens is 1. The molecular formula is C23H17ClN4OS. The van der Waals surface area contributed by atoms with E-state index in [9.17, 15) is 4.79 Å². The number of hydrazine groups is 1. The zero-order valence-corrected chi connectivity index (χ0v) is 17.3. The number of hydrogen-bond acceptors (Lipinski definition) is 3. The van der Waals surface area contributed by atoms with E-state index in [-0.39, 0.29) is 11.0 Å². The van der Waals surface area contributed by atoms with Crippen LogP contribution in [0, 0.1) is 0 Å². The van der Waals surface area contributed by atoms with Crippen LogP contribution in [0.4, 0.5) is 5.69 Å². The number of nitrogens with zero attached hydrogens (tertiary/aromatic N) is 1. The van der Waals surface area contributed by atoms with Crippen molar-refractivity contribution in [3.05, 3.63) is 95.5 Å². The van der Waals surface area contributed by atoms with Gasteiger partial charge in [-0.2, -0.15) is 0 Å². The van der Waals surface area contributed by atoms with Gasteiger partial charge in [-0.25, -0.2) is 4.98 Å². The lowest BCUT2D eigenvalue weighted by atomic mass is 10.0. The lowest BCUT2D eigenvalue weighted by Gasteiger charge is -2.13. The Labute approximate surface area is 184 Å². The first-order valence-corrected chi connectivity index (χ1v) is 9.97. The minimum Gasteiger partial charge on any atom is -0.331 e. The molecule has 0 saturated heterocycles. The zero-order chi connectivity index (χ0) is 20.9. The van der Waals surface area contributed by atoms with Gasteiger partial charge in [-0.3, -0.25) is 15.6 Å². The molecule has 0 aliphatic carbocycles. The van der Waals surface area contributed by atoms with Crippen LogP contribution in [0.15, 0.2) is 84.9 Å². The van der Waals surface area contributed by atoms with E-state index in [4.69, 9.17) is 28.8 Å². The lowest BCUT2D eigenvalue weighted by Crippen LogP contribution is -2.43. The topological polar surface area (TPSA) is 66.1 Å². The van der Waals surface area contributed by atoms with Crippen LogP contribution in [0.1, 0.15) is 10.4 Å². The highest BCUT2D eigenvalue weighted by Crippen LogP contribution is 2.24. The van der Waals surface area contributed by atoms with Gasteiger partial charge in [-0.1, -0.05) is 66.2 Å². The highest BCUT2D eigenvalue weighted by molar-refractivity contribution is 7.80. The van der Waals surface area contributed by atoms with Crippen molar-refractivity contribution in [1.82, 2.24) is 15.8 Å². The van der Waals surface area contributed by atoms with Gasteiger partial charge in [0.25, 0.3) is 5.91 Å². The Hall–Kier alpha value is -3.48. The minimum absolute atomic E-state index is 0.243. The van der Waals surface area contributed by atoms with E-state index in [0.717, 1.165) is 27.8 Å². The Morgan fingerprint density at radius 1 is 0.867 bits per heavy atom. The summed E-state index contributed by atoms with van der Waals surface area (Å²) < 4.78 is 0. The van der Waals surface area contributed by atoms with E-state index in [1.165, 1.54) is 0 Å². The molecule has 1 aromatic heterocycles. The molecule has 7 heteroatoms. The van der Waals surface area contributed by atoms with Crippen molar-refractivity contribution in [3.63, 3.8) is 0 Å². The van der Waals surface area contributed by atoms with Gasteiger partial charge >= 0.3 is 0 Å². The van der Waals surface area contributed by atoms with Crippen molar-refractivity contribution in [3.8, 4) is 11.3 Å². The Bertz CT molecular complexity index is 1230. The van der Waals surface area contributed by atoms with Gasteiger partial charge in [0.1, 0.15) is 0 Å². The monoisotopic (exact) mass is 432 g/mol. The fourth-order valence-electron chi connectivity index (χ4n) is 3.03. The maximum atomic E-state index is 12.9. The molecule has 4 aromatic rings. The molecule has 0 spiro atoms. The van der Waals surface area contributed by atoms with Crippen LogP contribution >= 0.6 is 23.8 Å². The fraction of sp³-hybridized carbons (Fsp3) is 0. The summed E-state index contributed by atoms with van der Waals surface area (Å²) in [6, 6.07) is 26.2. The second-order valence-electron chi connectivity index (χ2n) is 6.48. The number of hydrogen-bond donors (Lipinski definition) is 3. The fourth-order valence-corrected chi connectivity index (χ4v) is 3.39. The molecular weight excluding hydrogens is 416 g/mol. The number of thiocarbonyl (C=S) groups is 1. The van der Waals surface area contributed by atoms with Gasteiger partial charge < -0.3 is 5.32 Å². The number of pyridine rings is 1. The second kappa shape index (κ2) is 8.90. The number of benzene rings is 3. The van der Waals surface area contributed by atoms with Gasteiger partial charge in [-0.15, -0.1) is 0 Å². The first-order valence-electron chi connectivity index (χ1n) is 9.18. The molecule has 5 nitrogen and oxygen atoms in total. The maximum absolute atomic E-state index is 12.9. The molecule has 0 radical (unpaired) electrons. The summed E-state index contributed by atoms with van der Waals surface area (Å²) in [6.07, 6.45) is 0. The molecule has 0 saturated carbocycles. The number of carbonyl (C=O) groups is 1. The predicted molar refractivity (Wildman–Crippen MR) is 125 cm³/mol. The van der Waals surface area contributed by atoms with Gasteiger partial charge in [0.15, 0.2) is 5.11 Å². The molecule has 0 unspecified atom stereocenters. The third kappa shape index (κ3) is 4.56. The molecule has 4 rings (SSSR count). The van der Waals surface area contributed by atoms with E-state index in [1.807, 2.05) is 60.7 Å². The lowest BCUT2D eigenvalue weighted by molar-refractivity contribution is 0.0946. The Morgan fingerprint density at radius 2 is 1.63 bits per heavy atom. The van der Waals surface area contributed by atoms with Gasteiger partial charge in [0.2, 0.25) is 0 Å². The summed E-state index contributed by atoms with van der Waals surface area (Å²) in [6.45, 7) is 0. The number of amides is 1. The SMILES string of the molecule is O=C(NNC(=S)Nc1cccc(Cl)c1)c1cc(-c2ccccc2)nc2ccccc12. The van der Waals surface area contributed by atoms with Crippen LogP contribution in [-0.2, 0) is 0 Å². The summed E-state index contributed by atoms with van der Waals surface area (Å²) in [4.78, 5) is 17.6.